The van der Waals surface area contributed by atoms with Crippen LogP contribution in [0.15, 0.2) is 48.0 Å². The fourth-order valence-corrected chi connectivity index (χ4v) is 6.58. The van der Waals surface area contributed by atoms with Crippen molar-refractivity contribution in [2.75, 3.05) is 39.4 Å². The molecule has 1 fully saturated rings. The number of hydrogen-bond acceptors (Lipinski definition) is 10. The molecule has 0 bridgehead atoms. The van der Waals surface area contributed by atoms with Gasteiger partial charge in [-0.2, -0.15) is 0 Å². The smallest absolute Gasteiger partial charge is 0.301 e. The van der Waals surface area contributed by atoms with Gasteiger partial charge >= 0.3 is 5.91 Å². The summed E-state index contributed by atoms with van der Waals surface area (Å²) in [6, 6.07) is 11.1. The molecule has 1 unspecified atom stereocenters. The van der Waals surface area contributed by atoms with Gasteiger partial charge in [0.15, 0.2) is 28.1 Å². The Morgan fingerprint density at radius 3 is 2.31 bits per heavy atom. The van der Waals surface area contributed by atoms with Crippen LogP contribution in [0.2, 0.25) is 0 Å². The molecule has 42 heavy (non-hydrogen) atoms. The fraction of sp³-hybridized carbons (Fsp3) is 0.258. The van der Waals surface area contributed by atoms with Crippen molar-refractivity contribution in [3.05, 3.63) is 70.3 Å². The number of methoxy groups -OCH3 is 3. The summed E-state index contributed by atoms with van der Waals surface area (Å²) >= 11 is 1.30. The first-order valence-electron chi connectivity index (χ1n) is 13.1. The van der Waals surface area contributed by atoms with E-state index in [1.54, 1.807) is 30.3 Å². The van der Waals surface area contributed by atoms with Crippen molar-refractivity contribution in [3.8, 4) is 28.7 Å². The number of ether oxygens (including phenoxy) is 5. The summed E-state index contributed by atoms with van der Waals surface area (Å²) in [7, 11) is 4.44. The minimum Gasteiger partial charge on any atom is -0.507 e. The van der Waals surface area contributed by atoms with Crippen LogP contribution in [0.4, 0.5) is 5.13 Å². The van der Waals surface area contributed by atoms with E-state index in [9.17, 15) is 14.7 Å². The first kappa shape index (κ1) is 27.4. The van der Waals surface area contributed by atoms with Gasteiger partial charge in [0.2, 0.25) is 5.75 Å². The highest BCUT2D eigenvalue weighted by molar-refractivity contribution is 7.22. The standard InChI is InChI=1S/C31H28N2O8S/c1-15-10-16(2)25-23(11-15)42-31(32-25)33-26(18-13-21(37-3)29(39-5)22(14-18)38-4)24(28(35)30(33)36)27(34)17-6-7-19-20(12-17)41-9-8-40-19/h6-7,10-14,26,34H,8-9H2,1-5H3. The maximum atomic E-state index is 13.8. The molecule has 216 valence electrons. The highest BCUT2D eigenvalue weighted by Crippen LogP contribution is 2.49. The second-order valence-electron chi connectivity index (χ2n) is 9.91. The molecule has 10 nitrogen and oxygen atoms in total. The predicted molar refractivity (Wildman–Crippen MR) is 157 cm³/mol. The number of hydrogen-bond donors (Lipinski definition) is 1. The average Bonchev–Trinajstić information content (AvgIpc) is 3.53. The number of Topliss-reactive ketones (excluding diaryl/α,β-unsaturated/α-hetero) is 1. The first-order chi connectivity index (χ1) is 20.2. The number of carbonyl (C=O) groups excluding carboxylic acids is 2. The van der Waals surface area contributed by atoms with Crippen LogP contribution in [0.1, 0.15) is 28.3 Å². The Hall–Kier alpha value is -4.77. The van der Waals surface area contributed by atoms with Gasteiger partial charge < -0.3 is 28.8 Å². The number of aromatic nitrogens is 1. The molecule has 0 saturated carbocycles. The number of fused-ring (bicyclic) bond motifs is 2. The fourth-order valence-electron chi connectivity index (χ4n) is 5.41. The van der Waals surface area contributed by atoms with Gasteiger partial charge in [-0.3, -0.25) is 14.5 Å². The number of ketones is 1. The Kier molecular flexibility index (Phi) is 6.90. The van der Waals surface area contributed by atoms with Gasteiger partial charge in [0.1, 0.15) is 19.0 Å². The van der Waals surface area contributed by atoms with Crippen LogP contribution >= 0.6 is 11.3 Å². The molecule has 0 radical (unpaired) electrons. The third-order valence-corrected chi connectivity index (χ3v) is 8.29. The van der Waals surface area contributed by atoms with E-state index >= 15 is 0 Å². The molecule has 1 amide bonds. The molecule has 1 atom stereocenters. The number of aryl methyl sites for hydroxylation is 2. The van der Waals surface area contributed by atoms with Crippen LogP contribution in [0.3, 0.4) is 0 Å². The highest BCUT2D eigenvalue weighted by Gasteiger charge is 2.49. The van der Waals surface area contributed by atoms with E-state index in [-0.39, 0.29) is 11.3 Å². The maximum absolute atomic E-state index is 13.8. The molecule has 1 saturated heterocycles. The molecular weight excluding hydrogens is 560 g/mol. The quantitative estimate of drug-likeness (QED) is 0.181. The van der Waals surface area contributed by atoms with Crippen molar-refractivity contribution in [1.82, 2.24) is 4.98 Å². The number of nitrogens with zero attached hydrogens (tertiary/aromatic N) is 2. The summed E-state index contributed by atoms with van der Waals surface area (Å²) in [5, 5.41) is 12.0. The van der Waals surface area contributed by atoms with Crippen LogP contribution in [0.5, 0.6) is 28.7 Å². The van der Waals surface area contributed by atoms with E-state index < -0.39 is 17.7 Å². The number of aliphatic hydroxyl groups is 1. The summed E-state index contributed by atoms with van der Waals surface area (Å²) in [5.41, 5.74) is 3.37. The zero-order valence-electron chi connectivity index (χ0n) is 23.6. The zero-order chi connectivity index (χ0) is 29.7. The summed E-state index contributed by atoms with van der Waals surface area (Å²) in [5.74, 6) is -0.0755. The Bertz CT molecular complexity index is 1770. The number of benzene rings is 3. The number of anilines is 1. The SMILES string of the molecule is COc1cc(C2C(=C(O)c3ccc4c(c3)OCCO4)C(=O)C(=O)N2c2nc3c(C)cc(C)cc3s2)cc(OC)c1OC. The Morgan fingerprint density at radius 2 is 1.64 bits per heavy atom. The lowest BCUT2D eigenvalue weighted by molar-refractivity contribution is -0.132. The van der Waals surface area contributed by atoms with Crippen LogP contribution in [0.25, 0.3) is 16.0 Å². The molecule has 4 aromatic rings. The number of aliphatic hydroxyl groups excluding tert-OH is 1. The van der Waals surface area contributed by atoms with Crippen LogP contribution in [0, 0.1) is 13.8 Å². The van der Waals surface area contributed by atoms with Gasteiger partial charge in [-0.25, -0.2) is 4.98 Å². The van der Waals surface area contributed by atoms with Crippen molar-refractivity contribution >= 4 is 44.1 Å². The number of rotatable bonds is 6. The molecule has 0 spiro atoms. The minimum absolute atomic E-state index is 0.113. The predicted octanol–water partition coefficient (Wildman–Crippen LogP) is 5.34. The molecule has 1 aromatic heterocycles. The van der Waals surface area contributed by atoms with E-state index in [4.69, 9.17) is 28.7 Å². The largest absolute Gasteiger partial charge is 0.507 e. The van der Waals surface area contributed by atoms with Crippen molar-refractivity contribution in [2.24, 2.45) is 0 Å². The summed E-state index contributed by atoms with van der Waals surface area (Å²) in [6.45, 7) is 4.70. The second kappa shape index (κ2) is 10.6. The summed E-state index contributed by atoms with van der Waals surface area (Å²) in [6.07, 6.45) is 0. The number of amides is 1. The van der Waals surface area contributed by atoms with Gasteiger partial charge in [-0.1, -0.05) is 17.4 Å². The topological polar surface area (TPSA) is 117 Å². The van der Waals surface area contributed by atoms with Crippen molar-refractivity contribution < 1.29 is 38.4 Å². The van der Waals surface area contributed by atoms with Gasteiger partial charge in [-0.15, -0.1) is 0 Å². The third-order valence-electron chi connectivity index (χ3n) is 7.29. The van der Waals surface area contributed by atoms with Crippen molar-refractivity contribution in [1.29, 1.82) is 0 Å². The molecular formula is C31H28N2O8S. The van der Waals surface area contributed by atoms with E-state index in [0.717, 1.165) is 21.3 Å². The lowest BCUT2D eigenvalue weighted by Crippen LogP contribution is -2.29. The Balaban J connectivity index is 1.60. The van der Waals surface area contributed by atoms with Crippen LogP contribution in [-0.2, 0) is 9.59 Å². The highest BCUT2D eigenvalue weighted by atomic mass is 32.1. The van der Waals surface area contributed by atoms with Gasteiger partial charge in [0, 0.05) is 5.56 Å². The Labute approximate surface area is 245 Å². The minimum atomic E-state index is -1.06. The van der Waals surface area contributed by atoms with E-state index in [1.807, 2.05) is 26.0 Å². The zero-order valence-corrected chi connectivity index (χ0v) is 24.5. The van der Waals surface area contributed by atoms with E-state index in [0.29, 0.717) is 58.2 Å². The summed E-state index contributed by atoms with van der Waals surface area (Å²) < 4.78 is 28.8. The monoisotopic (exact) mass is 588 g/mol. The Morgan fingerprint density at radius 1 is 0.952 bits per heavy atom. The van der Waals surface area contributed by atoms with Crippen molar-refractivity contribution in [3.63, 3.8) is 0 Å². The molecule has 1 N–H and O–H groups in total. The molecule has 2 aliphatic heterocycles. The number of thiazole rings is 1. The number of carbonyl (C=O) groups is 2. The second-order valence-corrected chi connectivity index (χ2v) is 10.9. The normalized spacial score (nSPS) is 17.5. The van der Waals surface area contributed by atoms with Crippen molar-refractivity contribution in [2.45, 2.75) is 19.9 Å². The van der Waals surface area contributed by atoms with E-state index in [2.05, 4.69) is 0 Å². The van der Waals surface area contributed by atoms with Gasteiger partial charge in [-0.05, 0) is 66.9 Å². The van der Waals surface area contributed by atoms with Crippen LogP contribution < -0.4 is 28.6 Å². The molecule has 3 heterocycles. The molecule has 3 aromatic carbocycles. The first-order valence-corrected chi connectivity index (χ1v) is 14.0. The lowest BCUT2D eigenvalue weighted by Gasteiger charge is -2.25. The van der Waals surface area contributed by atoms with Crippen LogP contribution in [-0.4, -0.2) is 56.3 Å². The van der Waals surface area contributed by atoms with Gasteiger partial charge in [0.05, 0.1) is 43.2 Å². The summed E-state index contributed by atoms with van der Waals surface area (Å²) in [4.78, 5) is 33.7. The molecule has 0 aliphatic carbocycles. The van der Waals surface area contributed by atoms with E-state index in [1.165, 1.54) is 37.6 Å². The van der Waals surface area contributed by atoms with Gasteiger partial charge in [0.25, 0.3) is 5.78 Å². The third kappa shape index (κ3) is 4.37. The average molecular weight is 589 g/mol. The molecule has 11 heteroatoms. The molecule has 6 rings (SSSR count). The lowest BCUT2D eigenvalue weighted by atomic mass is 9.94. The maximum Gasteiger partial charge on any atom is 0.301 e. The molecule has 2 aliphatic rings.